The summed E-state index contributed by atoms with van der Waals surface area (Å²) in [5.74, 6) is -0.0880. The molecule has 0 fully saturated rings. The lowest BCUT2D eigenvalue weighted by atomic mass is 10.1. The molecule has 3 heteroatoms. The number of nitrogens with one attached hydrogen (secondary N) is 1. The Morgan fingerprint density at radius 1 is 1.05 bits per heavy atom. The van der Waals surface area contributed by atoms with Gasteiger partial charge in [-0.15, -0.1) is 0 Å². The Bertz CT molecular complexity index is 642. The van der Waals surface area contributed by atoms with Crippen LogP contribution in [0.5, 0.6) is 0 Å². The number of benzene rings is 2. The molecule has 0 aromatic heterocycles. The van der Waals surface area contributed by atoms with Gasteiger partial charge in [-0.1, -0.05) is 29.8 Å². The van der Waals surface area contributed by atoms with Crippen LogP contribution in [0.15, 0.2) is 53.5 Å². The van der Waals surface area contributed by atoms with Gasteiger partial charge in [0.15, 0.2) is 0 Å². The van der Waals surface area contributed by atoms with Crippen molar-refractivity contribution in [2.75, 3.05) is 7.05 Å². The summed E-state index contributed by atoms with van der Waals surface area (Å²) in [6, 6.07) is 15.5. The fourth-order valence-corrected chi connectivity index (χ4v) is 1.91. The molecule has 0 aliphatic heterocycles. The molecular formula is C17H18N2O. The molecule has 0 atom stereocenters. The molecule has 1 amide bonds. The summed E-state index contributed by atoms with van der Waals surface area (Å²) in [5, 5.41) is 2.62. The Hall–Kier alpha value is -2.42. The molecule has 0 saturated carbocycles. The van der Waals surface area contributed by atoms with Crippen molar-refractivity contribution in [1.29, 1.82) is 0 Å². The Balaban J connectivity index is 2.30. The lowest BCUT2D eigenvalue weighted by molar-refractivity contribution is 0.0963. The van der Waals surface area contributed by atoms with E-state index in [0.717, 1.165) is 17.0 Å². The van der Waals surface area contributed by atoms with Gasteiger partial charge in [-0.25, -0.2) is 0 Å². The standard InChI is InChI=1S/C17H18N2O/c1-12-7-9-16(10-8-12)19-13(2)14-5-4-6-15(11-14)17(20)18-3/h4-11H,1-3H3,(H,18,20). The van der Waals surface area contributed by atoms with Gasteiger partial charge in [-0.3, -0.25) is 9.79 Å². The molecule has 102 valence electrons. The van der Waals surface area contributed by atoms with E-state index in [-0.39, 0.29) is 5.91 Å². The summed E-state index contributed by atoms with van der Waals surface area (Å²) in [5.41, 5.74) is 4.61. The lowest BCUT2D eigenvalue weighted by Gasteiger charge is -2.05. The van der Waals surface area contributed by atoms with Crippen molar-refractivity contribution in [2.45, 2.75) is 13.8 Å². The second-order valence-electron chi connectivity index (χ2n) is 4.69. The average Bonchev–Trinajstić information content (AvgIpc) is 2.49. The zero-order valence-electron chi connectivity index (χ0n) is 12.0. The van der Waals surface area contributed by atoms with Crippen molar-refractivity contribution in [3.8, 4) is 0 Å². The molecule has 0 radical (unpaired) electrons. The Morgan fingerprint density at radius 2 is 1.70 bits per heavy atom. The number of carbonyl (C=O) groups excluding carboxylic acids is 1. The smallest absolute Gasteiger partial charge is 0.251 e. The molecule has 0 spiro atoms. The van der Waals surface area contributed by atoms with E-state index < -0.39 is 0 Å². The number of hydrogen-bond acceptors (Lipinski definition) is 2. The molecule has 0 aliphatic rings. The Labute approximate surface area is 119 Å². The third-order valence-corrected chi connectivity index (χ3v) is 3.10. The average molecular weight is 266 g/mol. The molecule has 0 aliphatic carbocycles. The molecule has 0 heterocycles. The number of aryl methyl sites for hydroxylation is 1. The maximum absolute atomic E-state index is 11.6. The van der Waals surface area contributed by atoms with Gasteiger partial charge in [-0.05, 0) is 43.7 Å². The fraction of sp³-hybridized carbons (Fsp3) is 0.176. The highest BCUT2D eigenvalue weighted by molar-refractivity contribution is 6.03. The second kappa shape index (κ2) is 6.15. The number of aliphatic imine (C=N–C) groups is 1. The number of amides is 1. The minimum absolute atomic E-state index is 0.0880. The monoisotopic (exact) mass is 266 g/mol. The van der Waals surface area contributed by atoms with E-state index in [1.165, 1.54) is 5.56 Å². The van der Waals surface area contributed by atoms with Crippen LogP contribution in [0.3, 0.4) is 0 Å². The van der Waals surface area contributed by atoms with Crippen LogP contribution >= 0.6 is 0 Å². The van der Waals surface area contributed by atoms with Crippen molar-refractivity contribution >= 4 is 17.3 Å². The van der Waals surface area contributed by atoms with Gasteiger partial charge in [0, 0.05) is 18.3 Å². The van der Waals surface area contributed by atoms with Crippen LogP contribution in [-0.2, 0) is 0 Å². The number of carbonyl (C=O) groups is 1. The zero-order chi connectivity index (χ0) is 14.5. The minimum Gasteiger partial charge on any atom is -0.355 e. The van der Waals surface area contributed by atoms with E-state index in [1.54, 1.807) is 13.1 Å². The van der Waals surface area contributed by atoms with Gasteiger partial charge in [-0.2, -0.15) is 0 Å². The predicted octanol–water partition coefficient (Wildman–Crippen LogP) is 3.50. The number of nitrogens with zero attached hydrogens (tertiary/aromatic N) is 1. The minimum atomic E-state index is -0.0880. The fourth-order valence-electron chi connectivity index (χ4n) is 1.91. The van der Waals surface area contributed by atoms with Gasteiger partial charge < -0.3 is 5.32 Å². The zero-order valence-corrected chi connectivity index (χ0v) is 12.0. The molecule has 0 saturated heterocycles. The van der Waals surface area contributed by atoms with Gasteiger partial charge in [0.05, 0.1) is 5.69 Å². The maximum atomic E-state index is 11.6. The summed E-state index contributed by atoms with van der Waals surface area (Å²) in [6.45, 7) is 4.00. The van der Waals surface area contributed by atoms with Gasteiger partial charge in [0.1, 0.15) is 0 Å². The summed E-state index contributed by atoms with van der Waals surface area (Å²) in [4.78, 5) is 16.2. The third kappa shape index (κ3) is 3.32. The van der Waals surface area contributed by atoms with E-state index in [0.29, 0.717) is 5.56 Å². The van der Waals surface area contributed by atoms with Crippen LogP contribution in [0, 0.1) is 6.92 Å². The van der Waals surface area contributed by atoms with Crippen LogP contribution in [0.25, 0.3) is 0 Å². The Morgan fingerprint density at radius 3 is 2.35 bits per heavy atom. The molecule has 2 aromatic carbocycles. The molecule has 3 nitrogen and oxygen atoms in total. The van der Waals surface area contributed by atoms with Crippen LogP contribution in [-0.4, -0.2) is 18.7 Å². The van der Waals surface area contributed by atoms with E-state index >= 15 is 0 Å². The normalized spacial score (nSPS) is 11.2. The third-order valence-electron chi connectivity index (χ3n) is 3.10. The molecular weight excluding hydrogens is 248 g/mol. The van der Waals surface area contributed by atoms with Crippen molar-refractivity contribution < 1.29 is 4.79 Å². The molecule has 0 unspecified atom stereocenters. The first-order valence-electron chi connectivity index (χ1n) is 6.54. The first-order chi connectivity index (χ1) is 9.60. The molecule has 0 bridgehead atoms. The van der Waals surface area contributed by atoms with Crippen LogP contribution in [0.4, 0.5) is 5.69 Å². The number of hydrogen-bond donors (Lipinski definition) is 1. The van der Waals surface area contributed by atoms with Crippen LogP contribution < -0.4 is 5.32 Å². The van der Waals surface area contributed by atoms with Crippen molar-refractivity contribution in [1.82, 2.24) is 5.32 Å². The lowest BCUT2D eigenvalue weighted by Crippen LogP contribution is -2.18. The summed E-state index contributed by atoms with van der Waals surface area (Å²) < 4.78 is 0. The molecule has 2 rings (SSSR count). The predicted molar refractivity (Wildman–Crippen MR) is 82.9 cm³/mol. The quantitative estimate of drug-likeness (QED) is 0.849. The molecule has 1 N–H and O–H groups in total. The largest absolute Gasteiger partial charge is 0.355 e. The highest BCUT2D eigenvalue weighted by Gasteiger charge is 2.05. The van der Waals surface area contributed by atoms with E-state index in [2.05, 4.69) is 10.3 Å². The van der Waals surface area contributed by atoms with E-state index in [4.69, 9.17) is 0 Å². The van der Waals surface area contributed by atoms with Gasteiger partial charge >= 0.3 is 0 Å². The summed E-state index contributed by atoms with van der Waals surface area (Å²) in [6.07, 6.45) is 0. The molecule has 20 heavy (non-hydrogen) atoms. The SMILES string of the molecule is CNC(=O)c1cccc(C(C)=Nc2ccc(C)cc2)c1. The van der Waals surface area contributed by atoms with Crippen molar-refractivity contribution in [3.05, 3.63) is 65.2 Å². The highest BCUT2D eigenvalue weighted by Crippen LogP contribution is 2.15. The van der Waals surface area contributed by atoms with E-state index in [1.807, 2.05) is 56.3 Å². The second-order valence-corrected chi connectivity index (χ2v) is 4.69. The van der Waals surface area contributed by atoms with Crippen LogP contribution in [0.1, 0.15) is 28.4 Å². The number of rotatable bonds is 3. The maximum Gasteiger partial charge on any atom is 0.251 e. The van der Waals surface area contributed by atoms with Crippen molar-refractivity contribution in [2.24, 2.45) is 4.99 Å². The van der Waals surface area contributed by atoms with Gasteiger partial charge in [0.2, 0.25) is 0 Å². The topological polar surface area (TPSA) is 41.5 Å². The Kier molecular flexibility index (Phi) is 4.31. The summed E-state index contributed by atoms with van der Waals surface area (Å²) in [7, 11) is 1.63. The van der Waals surface area contributed by atoms with E-state index in [9.17, 15) is 4.79 Å². The first-order valence-corrected chi connectivity index (χ1v) is 6.54. The van der Waals surface area contributed by atoms with Gasteiger partial charge in [0.25, 0.3) is 5.91 Å². The van der Waals surface area contributed by atoms with Crippen LogP contribution in [0.2, 0.25) is 0 Å². The van der Waals surface area contributed by atoms with Crippen molar-refractivity contribution in [3.63, 3.8) is 0 Å². The molecule has 2 aromatic rings. The first kappa shape index (κ1) is 14.0. The summed E-state index contributed by atoms with van der Waals surface area (Å²) >= 11 is 0. The highest BCUT2D eigenvalue weighted by atomic mass is 16.1.